The number of hydrogen-bond acceptors (Lipinski definition) is 3. The van der Waals surface area contributed by atoms with Gasteiger partial charge in [-0.05, 0) is 32.0 Å². The molecule has 0 atom stereocenters. The zero-order chi connectivity index (χ0) is 11.1. The predicted octanol–water partition coefficient (Wildman–Crippen LogP) is 3.28. The van der Waals surface area contributed by atoms with Crippen molar-refractivity contribution in [1.82, 2.24) is 4.98 Å². The van der Waals surface area contributed by atoms with E-state index >= 15 is 0 Å². The molecule has 0 aliphatic carbocycles. The Labute approximate surface area is 92.3 Å². The molecule has 15 heavy (non-hydrogen) atoms. The molecular formula is C11H9ClN2O. The molecule has 76 valence electrons. The summed E-state index contributed by atoms with van der Waals surface area (Å²) >= 11 is 5.83. The predicted molar refractivity (Wildman–Crippen MR) is 57.7 cm³/mol. The Kier molecular flexibility index (Phi) is 2.17. The molecule has 0 aliphatic rings. The lowest BCUT2D eigenvalue weighted by Gasteiger charge is -2.07. The minimum atomic E-state index is -0.717. The first-order valence-electron chi connectivity index (χ1n) is 4.51. The number of nitriles is 1. The van der Waals surface area contributed by atoms with Crippen LogP contribution in [0.25, 0.3) is 11.1 Å². The van der Waals surface area contributed by atoms with Crippen LogP contribution in [0.2, 0.25) is 5.02 Å². The summed E-state index contributed by atoms with van der Waals surface area (Å²) in [7, 11) is 0. The van der Waals surface area contributed by atoms with Crippen molar-refractivity contribution in [3.63, 3.8) is 0 Å². The smallest absolute Gasteiger partial charge is 0.215 e. The summed E-state index contributed by atoms with van der Waals surface area (Å²) < 4.78 is 5.49. The highest BCUT2D eigenvalue weighted by Crippen LogP contribution is 2.27. The summed E-state index contributed by atoms with van der Waals surface area (Å²) in [6.07, 6.45) is 0. The maximum Gasteiger partial charge on any atom is 0.215 e. The maximum absolute atomic E-state index is 8.95. The van der Waals surface area contributed by atoms with Gasteiger partial charge in [-0.1, -0.05) is 11.6 Å². The number of hydrogen-bond donors (Lipinski definition) is 0. The van der Waals surface area contributed by atoms with E-state index in [4.69, 9.17) is 21.3 Å². The van der Waals surface area contributed by atoms with E-state index in [2.05, 4.69) is 11.1 Å². The fourth-order valence-electron chi connectivity index (χ4n) is 1.22. The maximum atomic E-state index is 8.95. The van der Waals surface area contributed by atoms with Gasteiger partial charge in [0, 0.05) is 5.02 Å². The molecular weight excluding hydrogens is 212 g/mol. The molecule has 0 amide bonds. The van der Waals surface area contributed by atoms with Crippen LogP contribution in [0.15, 0.2) is 22.6 Å². The Balaban J connectivity index is 2.63. The third-order valence-corrected chi connectivity index (χ3v) is 2.40. The van der Waals surface area contributed by atoms with Gasteiger partial charge >= 0.3 is 0 Å². The Bertz CT molecular complexity index is 551. The number of aromatic nitrogens is 1. The summed E-state index contributed by atoms with van der Waals surface area (Å²) in [6.45, 7) is 3.53. The topological polar surface area (TPSA) is 49.8 Å². The lowest BCUT2D eigenvalue weighted by molar-refractivity contribution is 0.450. The molecule has 2 rings (SSSR count). The van der Waals surface area contributed by atoms with E-state index in [1.807, 2.05) is 0 Å². The first-order chi connectivity index (χ1) is 7.03. The monoisotopic (exact) mass is 220 g/mol. The normalized spacial score (nSPS) is 11.6. The van der Waals surface area contributed by atoms with Gasteiger partial charge < -0.3 is 4.42 Å². The molecule has 1 aromatic heterocycles. The Hall–Kier alpha value is -1.53. The molecule has 0 spiro atoms. The molecule has 0 fully saturated rings. The highest BCUT2D eigenvalue weighted by atomic mass is 35.5. The standard InChI is InChI=1S/C11H9ClN2O/c1-11(2,6-13)10-14-8-5-7(12)3-4-9(8)15-10/h3-5H,1-2H3. The number of rotatable bonds is 1. The van der Waals surface area contributed by atoms with E-state index in [0.29, 0.717) is 22.0 Å². The number of halogens is 1. The molecule has 0 N–H and O–H groups in total. The lowest BCUT2D eigenvalue weighted by Crippen LogP contribution is -2.13. The van der Waals surface area contributed by atoms with E-state index in [1.54, 1.807) is 32.0 Å². The first kappa shape index (κ1) is 10.0. The Morgan fingerprint density at radius 2 is 2.20 bits per heavy atom. The molecule has 4 heteroatoms. The van der Waals surface area contributed by atoms with Crippen molar-refractivity contribution in [3.8, 4) is 6.07 Å². The van der Waals surface area contributed by atoms with Crippen LogP contribution in [0.1, 0.15) is 19.7 Å². The molecule has 0 saturated heterocycles. The average Bonchev–Trinajstić information content (AvgIpc) is 2.61. The second-order valence-electron chi connectivity index (χ2n) is 3.87. The lowest BCUT2D eigenvalue weighted by atomic mass is 9.96. The third-order valence-electron chi connectivity index (χ3n) is 2.16. The van der Waals surface area contributed by atoms with Gasteiger partial charge in [0.25, 0.3) is 0 Å². The minimum Gasteiger partial charge on any atom is -0.439 e. The van der Waals surface area contributed by atoms with Gasteiger partial charge in [0.2, 0.25) is 5.89 Å². The van der Waals surface area contributed by atoms with Crippen LogP contribution in [0.4, 0.5) is 0 Å². The van der Waals surface area contributed by atoms with E-state index in [1.165, 1.54) is 0 Å². The second-order valence-corrected chi connectivity index (χ2v) is 4.30. The van der Waals surface area contributed by atoms with Crippen LogP contribution in [-0.4, -0.2) is 4.98 Å². The quantitative estimate of drug-likeness (QED) is 0.741. The van der Waals surface area contributed by atoms with Crippen LogP contribution >= 0.6 is 11.6 Å². The van der Waals surface area contributed by atoms with Crippen LogP contribution in [-0.2, 0) is 5.41 Å². The molecule has 3 nitrogen and oxygen atoms in total. The first-order valence-corrected chi connectivity index (χ1v) is 4.88. The summed E-state index contributed by atoms with van der Waals surface area (Å²) in [5, 5.41) is 9.56. The minimum absolute atomic E-state index is 0.419. The van der Waals surface area contributed by atoms with Gasteiger partial charge in [-0.3, -0.25) is 0 Å². The van der Waals surface area contributed by atoms with Gasteiger partial charge in [-0.2, -0.15) is 5.26 Å². The van der Waals surface area contributed by atoms with Crippen LogP contribution < -0.4 is 0 Å². The van der Waals surface area contributed by atoms with Crippen molar-refractivity contribution in [1.29, 1.82) is 5.26 Å². The Morgan fingerprint density at radius 3 is 2.87 bits per heavy atom. The molecule has 1 heterocycles. The van der Waals surface area contributed by atoms with Gasteiger partial charge in [0.05, 0.1) is 6.07 Å². The number of oxazole rings is 1. The second kappa shape index (κ2) is 3.25. The zero-order valence-corrected chi connectivity index (χ0v) is 9.17. The molecule has 0 unspecified atom stereocenters. The summed E-state index contributed by atoms with van der Waals surface area (Å²) in [6, 6.07) is 7.35. The average molecular weight is 221 g/mol. The van der Waals surface area contributed by atoms with E-state index in [-0.39, 0.29) is 0 Å². The van der Waals surface area contributed by atoms with E-state index in [0.717, 1.165) is 0 Å². The van der Waals surface area contributed by atoms with Crippen LogP contribution in [0.5, 0.6) is 0 Å². The van der Waals surface area contributed by atoms with Crippen molar-refractivity contribution < 1.29 is 4.42 Å². The van der Waals surface area contributed by atoms with Gasteiger partial charge in [-0.25, -0.2) is 4.98 Å². The van der Waals surface area contributed by atoms with Crippen molar-refractivity contribution in [2.75, 3.05) is 0 Å². The summed E-state index contributed by atoms with van der Waals surface area (Å²) in [5.41, 5.74) is 0.615. The van der Waals surface area contributed by atoms with Crippen molar-refractivity contribution >= 4 is 22.7 Å². The highest BCUT2D eigenvalue weighted by Gasteiger charge is 2.26. The van der Waals surface area contributed by atoms with E-state index < -0.39 is 5.41 Å². The van der Waals surface area contributed by atoms with Crippen molar-refractivity contribution in [3.05, 3.63) is 29.1 Å². The van der Waals surface area contributed by atoms with E-state index in [9.17, 15) is 0 Å². The number of benzene rings is 1. The molecule has 0 bridgehead atoms. The SMILES string of the molecule is CC(C)(C#N)c1nc2cc(Cl)ccc2o1. The molecule has 0 radical (unpaired) electrons. The van der Waals surface area contributed by atoms with Crippen molar-refractivity contribution in [2.24, 2.45) is 0 Å². The molecule has 0 saturated carbocycles. The van der Waals surface area contributed by atoms with Gasteiger partial charge in [0.1, 0.15) is 10.9 Å². The van der Waals surface area contributed by atoms with Crippen LogP contribution in [0, 0.1) is 11.3 Å². The van der Waals surface area contributed by atoms with Crippen LogP contribution in [0.3, 0.4) is 0 Å². The highest BCUT2D eigenvalue weighted by molar-refractivity contribution is 6.31. The largest absolute Gasteiger partial charge is 0.439 e. The third kappa shape index (κ3) is 1.69. The molecule has 1 aromatic carbocycles. The number of fused-ring (bicyclic) bond motifs is 1. The fraction of sp³-hybridized carbons (Fsp3) is 0.273. The Morgan fingerprint density at radius 1 is 1.47 bits per heavy atom. The van der Waals surface area contributed by atoms with Gasteiger partial charge in [-0.15, -0.1) is 0 Å². The summed E-state index contributed by atoms with van der Waals surface area (Å²) in [5.74, 6) is 0.419. The molecule has 0 aliphatic heterocycles. The fourth-order valence-corrected chi connectivity index (χ4v) is 1.38. The van der Waals surface area contributed by atoms with Crippen molar-refractivity contribution in [2.45, 2.75) is 19.3 Å². The van der Waals surface area contributed by atoms with Gasteiger partial charge in [0.15, 0.2) is 5.58 Å². The zero-order valence-electron chi connectivity index (χ0n) is 8.41. The molecule has 2 aromatic rings. The summed E-state index contributed by atoms with van der Waals surface area (Å²) in [4.78, 5) is 4.24. The number of nitrogens with zero attached hydrogens (tertiary/aromatic N) is 2.